The fourth-order valence-corrected chi connectivity index (χ4v) is 2.65. The average Bonchev–Trinajstić information content (AvgIpc) is 2.77. The molecule has 0 fully saturated rings. The van der Waals surface area contributed by atoms with Gasteiger partial charge in [0.25, 0.3) is 0 Å². The van der Waals surface area contributed by atoms with Crippen LogP contribution < -0.4 is 5.32 Å². The fraction of sp³-hybridized carbons (Fsp3) is 0.588. The monoisotopic (exact) mass is 273 g/mol. The molecule has 0 aliphatic rings. The second-order valence-electron chi connectivity index (χ2n) is 6.00. The Morgan fingerprint density at radius 3 is 2.65 bits per heavy atom. The molecule has 2 rings (SSSR count). The molecule has 1 N–H and O–H groups in total. The predicted octanol–water partition coefficient (Wildman–Crippen LogP) is 4.05. The number of rotatable bonds is 7. The number of benzene rings is 1. The largest absolute Gasteiger partial charge is 0.309 e. The van der Waals surface area contributed by atoms with Crippen molar-refractivity contribution in [3.63, 3.8) is 0 Å². The highest BCUT2D eigenvalue weighted by atomic mass is 15.3. The highest BCUT2D eigenvalue weighted by Crippen LogP contribution is 2.27. The van der Waals surface area contributed by atoms with Crippen molar-refractivity contribution in [3.8, 4) is 0 Å². The number of hydrogen-bond acceptors (Lipinski definition) is 2. The average molecular weight is 273 g/mol. The van der Waals surface area contributed by atoms with Crippen LogP contribution in [0, 0.1) is 5.92 Å². The summed E-state index contributed by atoms with van der Waals surface area (Å²) in [5.41, 5.74) is 2.42. The smallest absolute Gasteiger partial charge is 0.0872 e. The molecule has 0 bridgehead atoms. The molecular weight excluding hydrogens is 246 g/mol. The molecule has 0 aliphatic carbocycles. The Balaban J connectivity index is 2.29. The summed E-state index contributed by atoms with van der Waals surface area (Å²) in [6.45, 7) is 7.83. The van der Waals surface area contributed by atoms with Crippen LogP contribution in [0.5, 0.6) is 0 Å². The van der Waals surface area contributed by atoms with E-state index in [1.807, 2.05) is 11.7 Å². The summed E-state index contributed by atoms with van der Waals surface area (Å²) in [7, 11) is 2.03. The zero-order chi connectivity index (χ0) is 14.5. The van der Waals surface area contributed by atoms with E-state index in [-0.39, 0.29) is 0 Å². The highest BCUT2D eigenvalue weighted by molar-refractivity contribution is 5.82. The second-order valence-corrected chi connectivity index (χ2v) is 6.00. The van der Waals surface area contributed by atoms with Crippen LogP contribution in [0.3, 0.4) is 0 Å². The second kappa shape index (κ2) is 6.89. The van der Waals surface area contributed by atoms with E-state index in [9.17, 15) is 0 Å². The summed E-state index contributed by atoms with van der Waals surface area (Å²) >= 11 is 0. The Bertz CT molecular complexity index is 542. The van der Waals surface area contributed by atoms with E-state index >= 15 is 0 Å². The van der Waals surface area contributed by atoms with Crippen molar-refractivity contribution in [3.05, 3.63) is 30.0 Å². The summed E-state index contributed by atoms with van der Waals surface area (Å²) in [5, 5.41) is 9.73. The van der Waals surface area contributed by atoms with Crippen molar-refractivity contribution in [2.24, 2.45) is 13.0 Å². The molecule has 3 heteroatoms. The molecule has 0 saturated heterocycles. The van der Waals surface area contributed by atoms with Gasteiger partial charge in [-0.05, 0) is 37.8 Å². The normalized spacial score (nSPS) is 13.2. The van der Waals surface area contributed by atoms with E-state index in [1.54, 1.807) is 0 Å². The summed E-state index contributed by atoms with van der Waals surface area (Å²) in [4.78, 5) is 0. The van der Waals surface area contributed by atoms with E-state index in [2.05, 4.69) is 50.4 Å². The third-order valence-corrected chi connectivity index (χ3v) is 3.79. The van der Waals surface area contributed by atoms with Gasteiger partial charge in [-0.15, -0.1) is 0 Å². The maximum atomic E-state index is 4.78. The number of fused-ring (bicyclic) bond motifs is 1. The predicted molar refractivity (Wildman–Crippen MR) is 85.8 cm³/mol. The lowest BCUT2D eigenvalue weighted by molar-refractivity contribution is 0.432. The quantitative estimate of drug-likeness (QED) is 0.824. The number of aryl methyl sites for hydroxylation is 1. The van der Waals surface area contributed by atoms with E-state index in [0.29, 0.717) is 6.04 Å². The van der Waals surface area contributed by atoms with Crippen molar-refractivity contribution in [1.82, 2.24) is 15.1 Å². The minimum absolute atomic E-state index is 0.364. The molecule has 20 heavy (non-hydrogen) atoms. The number of nitrogens with zero attached hydrogens (tertiary/aromatic N) is 2. The van der Waals surface area contributed by atoms with E-state index < -0.39 is 0 Å². The first-order valence-electron chi connectivity index (χ1n) is 7.78. The Morgan fingerprint density at radius 2 is 1.95 bits per heavy atom. The third kappa shape index (κ3) is 3.40. The van der Waals surface area contributed by atoms with Gasteiger partial charge in [0.1, 0.15) is 0 Å². The maximum Gasteiger partial charge on any atom is 0.0872 e. The van der Waals surface area contributed by atoms with Crippen LogP contribution in [0.25, 0.3) is 10.9 Å². The van der Waals surface area contributed by atoms with Gasteiger partial charge in [-0.25, -0.2) is 0 Å². The number of hydrogen-bond donors (Lipinski definition) is 1. The molecule has 1 atom stereocenters. The molecule has 110 valence electrons. The lowest BCUT2D eigenvalue weighted by atomic mass is 9.99. The van der Waals surface area contributed by atoms with Crippen molar-refractivity contribution < 1.29 is 0 Å². The van der Waals surface area contributed by atoms with Crippen molar-refractivity contribution in [1.29, 1.82) is 0 Å². The molecule has 0 radical (unpaired) electrons. The van der Waals surface area contributed by atoms with Gasteiger partial charge in [0.05, 0.1) is 17.3 Å². The minimum Gasteiger partial charge on any atom is -0.309 e. The molecule has 2 aromatic rings. The molecule has 1 heterocycles. The van der Waals surface area contributed by atoms with E-state index in [0.717, 1.165) is 25.3 Å². The SMILES string of the molecule is CCCNC(CCC(C)C)c1nn(C)c2ccccc12. The number of nitrogens with one attached hydrogen (secondary N) is 1. The highest BCUT2D eigenvalue weighted by Gasteiger charge is 2.18. The van der Waals surface area contributed by atoms with Crippen molar-refractivity contribution in [2.75, 3.05) is 6.54 Å². The van der Waals surface area contributed by atoms with Gasteiger partial charge in [0.15, 0.2) is 0 Å². The van der Waals surface area contributed by atoms with Crippen LogP contribution in [-0.4, -0.2) is 16.3 Å². The van der Waals surface area contributed by atoms with E-state index in [1.165, 1.54) is 23.0 Å². The molecule has 3 nitrogen and oxygen atoms in total. The van der Waals surface area contributed by atoms with Gasteiger partial charge in [0, 0.05) is 12.4 Å². The molecule has 1 aromatic heterocycles. The van der Waals surface area contributed by atoms with Crippen LogP contribution in [0.2, 0.25) is 0 Å². The van der Waals surface area contributed by atoms with Crippen LogP contribution in [0.4, 0.5) is 0 Å². The van der Waals surface area contributed by atoms with Crippen LogP contribution in [0.15, 0.2) is 24.3 Å². The van der Waals surface area contributed by atoms with Gasteiger partial charge in [0.2, 0.25) is 0 Å². The standard InChI is InChI=1S/C17H27N3/c1-5-12-18-15(11-10-13(2)3)17-14-8-6-7-9-16(14)20(4)19-17/h6-9,13,15,18H,5,10-12H2,1-4H3. The van der Waals surface area contributed by atoms with Crippen LogP contribution >= 0.6 is 0 Å². The molecule has 1 aromatic carbocycles. The zero-order valence-electron chi connectivity index (χ0n) is 13.2. The van der Waals surface area contributed by atoms with Crippen molar-refractivity contribution >= 4 is 10.9 Å². The Kier molecular flexibility index (Phi) is 5.18. The van der Waals surface area contributed by atoms with Gasteiger partial charge in [-0.3, -0.25) is 4.68 Å². The van der Waals surface area contributed by atoms with Gasteiger partial charge in [-0.1, -0.05) is 39.0 Å². The zero-order valence-corrected chi connectivity index (χ0v) is 13.2. The third-order valence-electron chi connectivity index (χ3n) is 3.79. The van der Waals surface area contributed by atoms with Crippen molar-refractivity contribution in [2.45, 2.75) is 46.1 Å². The molecule has 0 spiro atoms. The molecule has 0 saturated carbocycles. The lowest BCUT2D eigenvalue weighted by Crippen LogP contribution is -2.23. The summed E-state index contributed by atoms with van der Waals surface area (Å²) in [5.74, 6) is 0.732. The van der Waals surface area contributed by atoms with E-state index in [4.69, 9.17) is 5.10 Å². The summed E-state index contributed by atoms with van der Waals surface area (Å²) in [6.07, 6.45) is 3.54. The van der Waals surface area contributed by atoms with Gasteiger partial charge in [-0.2, -0.15) is 5.10 Å². The van der Waals surface area contributed by atoms with Crippen LogP contribution in [0.1, 0.15) is 51.8 Å². The maximum absolute atomic E-state index is 4.78. The summed E-state index contributed by atoms with van der Waals surface area (Å²) < 4.78 is 2.00. The molecular formula is C17H27N3. The van der Waals surface area contributed by atoms with Crippen LogP contribution in [-0.2, 0) is 7.05 Å². The summed E-state index contributed by atoms with van der Waals surface area (Å²) in [6, 6.07) is 8.88. The lowest BCUT2D eigenvalue weighted by Gasteiger charge is -2.18. The Hall–Kier alpha value is -1.35. The van der Waals surface area contributed by atoms with Gasteiger partial charge < -0.3 is 5.32 Å². The van der Waals surface area contributed by atoms with Gasteiger partial charge >= 0.3 is 0 Å². The Labute approximate surface area is 122 Å². The fourth-order valence-electron chi connectivity index (χ4n) is 2.65. The topological polar surface area (TPSA) is 29.9 Å². The minimum atomic E-state index is 0.364. The number of para-hydroxylation sites is 1. The first kappa shape index (κ1) is 15.0. The molecule has 1 unspecified atom stereocenters. The Morgan fingerprint density at radius 1 is 1.20 bits per heavy atom. The molecule has 0 amide bonds. The first-order valence-corrected chi connectivity index (χ1v) is 7.78. The number of aromatic nitrogens is 2. The molecule has 0 aliphatic heterocycles. The first-order chi connectivity index (χ1) is 9.63.